The molecule has 1 amide bonds. The van der Waals surface area contributed by atoms with E-state index in [0.717, 1.165) is 55.0 Å². The van der Waals surface area contributed by atoms with E-state index < -0.39 is 5.97 Å². The Bertz CT molecular complexity index is 970. The lowest BCUT2D eigenvalue weighted by atomic mass is 9.93. The zero-order valence-corrected chi connectivity index (χ0v) is 19.9. The predicted octanol–water partition coefficient (Wildman–Crippen LogP) is 2.66. The second-order valence-electron chi connectivity index (χ2n) is 7.99. The van der Waals surface area contributed by atoms with Crippen LogP contribution in [0, 0.1) is 0 Å². The van der Waals surface area contributed by atoms with Gasteiger partial charge in [-0.2, -0.15) is 0 Å². The van der Waals surface area contributed by atoms with Crippen molar-refractivity contribution in [1.82, 2.24) is 15.1 Å². The van der Waals surface area contributed by atoms with Gasteiger partial charge in [-0.1, -0.05) is 49.0 Å². The highest BCUT2D eigenvalue weighted by molar-refractivity contribution is 8.16. The van der Waals surface area contributed by atoms with E-state index in [1.807, 2.05) is 47.6 Å². The Morgan fingerprint density at radius 2 is 2.00 bits per heavy atom. The largest absolute Gasteiger partial charge is 0.466 e. The molecule has 1 fully saturated rings. The van der Waals surface area contributed by atoms with Crippen molar-refractivity contribution < 1.29 is 19.1 Å². The maximum atomic E-state index is 12.8. The minimum atomic E-state index is -0.394. The second-order valence-corrected chi connectivity index (χ2v) is 8.83. The number of morpholine rings is 1. The fourth-order valence-electron chi connectivity index (χ4n) is 4.27. The van der Waals surface area contributed by atoms with E-state index in [9.17, 15) is 9.59 Å². The Morgan fingerprint density at radius 1 is 1.24 bits per heavy atom. The third kappa shape index (κ3) is 5.31. The number of nitrogens with one attached hydrogen (secondary N) is 1. The zero-order valence-electron chi connectivity index (χ0n) is 19.1. The Morgan fingerprint density at radius 3 is 2.70 bits per heavy atom. The third-order valence-electron chi connectivity index (χ3n) is 5.94. The highest BCUT2D eigenvalue weighted by Crippen LogP contribution is 2.45. The zero-order chi connectivity index (χ0) is 23.2. The summed E-state index contributed by atoms with van der Waals surface area (Å²) in [7, 11) is 1.39. The van der Waals surface area contributed by atoms with Gasteiger partial charge in [-0.05, 0) is 17.4 Å². The molecule has 4 rings (SSSR count). The van der Waals surface area contributed by atoms with Crippen LogP contribution in [0.25, 0.3) is 0 Å². The van der Waals surface area contributed by atoms with E-state index in [1.165, 1.54) is 18.9 Å². The number of benzene rings is 1. The van der Waals surface area contributed by atoms with Crippen molar-refractivity contribution in [3.05, 3.63) is 58.3 Å². The van der Waals surface area contributed by atoms with Crippen molar-refractivity contribution >= 4 is 28.8 Å². The Kier molecular flexibility index (Phi) is 7.85. The number of aliphatic imine (C=N–C) groups is 1. The van der Waals surface area contributed by atoms with E-state index in [0.29, 0.717) is 18.5 Å². The lowest BCUT2D eigenvalue weighted by Crippen LogP contribution is -2.42. The number of fused-ring (bicyclic) bond motifs is 1. The molecule has 0 radical (unpaired) electrons. The maximum absolute atomic E-state index is 12.8. The van der Waals surface area contributed by atoms with Crippen molar-refractivity contribution in [3.63, 3.8) is 0 Å². The van der Waals surface area contributed by atoms with Crippen LogP contribution in [0.15, 0.2) is 57.7 Å². The molecule has 0 bridgehead atoms. The number of methoxy groups -OCH3 is 1. The van der Waals surface area contributed by atoms with Gasteiger partial charge in [0.15, 0.2) is 5.17 Å². The molecule has 0 saturated carbocycles. The van der Waals surface area contributed by atoms with Crippen molar-refractivity contribution in [3.8, 4) is 0 Å². The molecule has 1 unspecified atom stereocenters. The number of nitrogens with zero attached hydrogens (tertiary/aromatic N) is 3. The standard InChI is InChI=1S/C24H30N4O4S/c1-3-19-21(23(30)31-2)22(17-7-5-4-6-8-17)28-18(16-33-24(28)26-19)15-20(29)25-9-10-27-11-13-32-14-12-27/h4-8,16,22H,3,9-15H2,1-2H3,(H,25,29). The first kappa shape index (κ1) is 23.5. The van der Waals surface area contributed by atoms with Crippen LogP contribution in [0.1, 0.15) is 31.4 Å². The van der Waals surface area contributed by atoms with Crippen LogP contribution < -0.4 is 5.32 Å². The smallest absolute Gasteiger partial charge is 0.338 e. The van der Waals surface area contributed by atoms with E-state index >= 15 is 0 Å². The first-order valence-electron chi connectivity index (χ1n) is 11.3. The van der Waals surface area contributed by atoms with Crippen LogP contribution in [-0.4, -0.2) is 73.3 Å². The average molecular weight is 471 g/mol. The normalized spacial score (nSPS) is 20.8. The first-order valence-corrected chi connectivity index (χ1v) is 12.2. The molecule has 176 valence electrons. The average Bonchev–Trinajstić information content (AvgIpc) is 3.25. The van der Waals surface area contributed by atoms with Crippen LogP contribution in [0.2, 0.25) is 0 Å². The number of thioether (sulfide) groups is 1. The summed E-state index contributed by atoms with van der Waals surface area (Å²) in [6, 6.07) is 9.45. The fraction of sp³-hybridized carbons (Fsp3) is 0.458. The molecule has 0 spiro atoms. The van der Waals surface area contributed by atoms with Crippen LogP contribution in [0.4, 0.5) is 0 Å². The van der Waals surface area contributed by atoms with Crippen LogP contribution in [0.3, 0.4) is 0 Å². The van der Waals surface area contributed by atoms with Gasteiger partial charge in [-0.25, -0.2) is 9.79 Å². The van der Waals surface area contributed by atoms with Crippen molar-refractivity contribution in [2.75, 3.05) is 46.5 Å². The minimum absolute atomic E-state index is 0.0481. The van der Waals surface area contributed by atoms with E-state index in [-0.39, 0.29) is 18.4 Å². The predicted molar refractivity (Wildman–Crippen MR) is 128 cm³/mol. The van der Waals surface area contributed by atoms with Gasteiger partial charge >= 0.3 is 5.97 Å². The van der Waals surface area contributed by atoms with E-state index in [4.69, 9.17) is 14.5 Å². The topological polar surface area (TPSA) is 83.5 Å². The molecule has 1 saturated heterocycles. The summed E-state index contributed by atoms with van der Waals surface area (Å²) in [5.74, 6) is -0.442. The van der Waals surface area contributed by atoms with Crippen LogP contribution in [-0.2, 0) is 19.1 Å². The number of amidine groups is 1. The number of rotatable bonds is 8. The summed E-state index contributed by atoms with van der Waals surface area (Å²) in [5, 5.41) is 5.77. The molecule has 0 aliphatic carbocycles. The number of esters is 1. The highest BCUT2D eigenvalue weighted by Gasteiger charge is 2.41. The molecule has 3 heterocycles. The first-order chi connectivity index (χ1) is 16.1. The monoisotopic (exact) mass is 470 g/mol. The Balaban J connectivity index is 1.51. The summed E-state index contributed by atoms with van der Waals surface area (Å²) < 4.78 is 10.5. The second kappa shape index (κ2) is 11.0. The van der Waals surface area contributed by atoms with Gasteiger partial charge in [0.1, 0.15) is 0 Å². The molecule has 9 heteroatoms. The van der Waals surface area contributed by atoms with Crippen molar-refractivity contribution in [1.29, 1.82) is 0 Å². The number of carbonyl (C=O) groups excluding carboxylic acids is 2. The summed E-state index contributed by atoms with van der Waals surface area (Å²) in [5.41, 5.74) is 3.03. The lowest BCUT2D eigenvalue weighted by Gasteiger charge is -2.36. The molecular weight excluding hydrogens is 440 g/mol. The number of allylic oxidation sites excluding steroid dienone is 1. The van der Waals surface area contributed by atoms with Gasteiger partial charge in [0, 0.05) is 31.9 Å². The van der Waals surface area contributed by atoms with Crippen molar-refractivity contribution in [2.24, 2.45) is 4.99 Å². The van der Waals surface area contributed by atoms with Gasteiger partial charge in [0.2, 0.25) is 5.91 Å². The number of ether oxygens (including phenoxy) is 2. The van der Waals surface area contributed by atoms with Gasteiger partial charge in [0.05, 0.1) is 44.1 Å². The van der Waals surface area contributed by atoms with E-state index in [2.05, 4.69) is 10.2 Å². The maximum Gasteiger partial charge on any atom is 0.338 e. The summed E-state index contributed by atoms with van der Waals surface area (Å²) in [6.07, 6.45) is 0.831. The molecular formula is C24H30N4O4S. The molecule has 0 aromatic heterocycles. The molecule has 8 nitrogen and oxygen atoms in total. The third-order valence-corrected chi connectivity index (χ3v) is 6.83. The Labute approximate surface area is 198 Å². The van der Waals surface area contributed by atoms with Gasteiger partial charge in [-0.15, -0.1) is 0 Å². The molecule has 3 aliphatic heterocycles. The summed E-state index contributed by atoms with van der Waals surface area (Å²) >= 11 is 1.49. The molecule has 1 aromatic rings. The summed E-state index contributed by atoms with van der Waals surface area (Å²) in [6.45, 7) is 6.66. The Hall–Kier alpha value is -2.62. The lowest BCUT2D eigenvalue weighted by molar-refractivity contribution is -0.136. The summed E-state index contributed by atoms with van der Waals surface area (Å²) in [4.78, 5) is 34.7. The minimum Gasteiger partial charge on any atom is -0.466 e. The SMILES string of the molecule is CCC1=C(C(=O)OC)C(c2ccccc2)N2C(CC(=O)NCCN3CCOCC3)=CSC2=N1. The number of hydrogen-bond donors (Lipinski definition) is 1. The number of amides is 1. The highest BCUT2D eigenvalue weighted by atomic mass is 32.2. The van der Waals surface area contributed by atoms with E-state index in [1.54, 1.807) is 0 Å². The molecule has 33 heavy (non-hydrogen) atoms. The van der Waals surface area contributed by atoms with Crippen LogP contribution >= 0.6 is 11.8 Å². The molecule has 1 atom stereocenters. The number of hydrogen-bond acceptors (Lipinski definition) is 8. The number of carbonyl (C=O) groups is 2. The van der Waals surface area contributed by atoms with Gasteiger partial charge in [-0.3, -0.25) is 9.69 Å². The van der Waals surface area contributed by atoms with Crippen molar-refractivity contribution in [2.45, 2.75) is 25.8 Å². The fourth-order valence-corrected chi connectivity index (χ4v) is 5.21. The van der Waals surface area contributed by atoms with Gasteiger partial charge < -0.3 is 19.7 Å². The van der Waals surface area contributed by atoms with Gasteiger partial charge in [0.25, 0.3) is 0 Å². The molecule has 3 aliphatic rings. The molecule has 1 N–H and O–H groups in total. The quantitative estimate of drug-likeness (QED) is 0.585. The molecule has 1 aromatic carbocycles. The van der Waals surface area contributed by atoms with Crippen LogP contribution in [0.5, 0.6) is 0 Å².